The number of nitrogens with zero attached hydrogens (tertiary/aromatic N) is 1. The summed E-state index contributed by atoms with van der Waals surface area (Å²) >= 11 is 3.47. The molecule has 0 saturated carbocycles. The van der Waals surface area contributed by atoms with Crippen molar-refractivity contribution in [2.45, 2.75) is 45.4 Å². The SMILES string of the molecule is CCOc1ccc(S(=O)(=O)N2CCC[C@@H](C(=O)Nc3c(C)cc(Br)cc3C)C2)cc1C. The topological polar surface area (TPSA) is 75.7 Å². The maximum absolute atomic E-state index is 13.2. The van der Waals surface area contributed by atoms with Gasteiger partial charge in [0.25, 0.3) is 0 Å². The zero-order chi connectivity index (χ0) is 22.8. The number of anilines is 1. The van der Waals surface area contributed by atoms with Crippen LogP contribution in [0.15, 0.2) is 39.7 Å². The molecule has 1 N–H and O–H groups in total. The van der Waals surface area contributed by atoms with Crippen molar-refractivity contribution in [3.05, 3.63) is 51.5 Å². The zero-order valence-corrected chi connectivity index (χ0v) is 20.8. The lowest BCUT2D eigenvalue weighted by atomic mass is 9.98. The van der Waals surface area contributed by atoms with Gasteiger partial charge in [0, 0.05) is 23.2 Å². The average molecular weight is 509 g/mol. The molecular formula is C23H29BrN2O4S. The molecule has 1 aliphatic heterocycles. The lowest BCUT2D eigenvalue weighted by Gasteiger charge is -2.31. The van der Waals surface area contributed by atoms with E-state index in [0.29, 0.717) is 31.7 Å². The summed E-state index contributed by atoms with van der Waals surface area (Å²) in [5.41, 5.74) is 3.49. The highest BCUT2D eigenvalue weighted by Gasteiger charge is 2.33. The first-order chi connectivity index (χ1) is 14.6. The Bertz CT molecular complexity index is 1060. The van der Waals surface area contributed by atoms with Crippen molar-refractivity contribution in [1.29, 1.82) is 0 Å². The van der Waals surface area contributed by atoms with Gasteiger partial charge in [0.1, 0.15) is 5.75 Å². The van der Waals surface area contributed by atoms with Gasteiger partial charge in [-0.2, -0.15) is 4.31 Å². The average Bonchev–Trinajstić information content (AvgIpc) is 2.72. The van der Waals surface area contributed by atoms with E-state index in [9.17, 15) is 13.2 Å². The molecule has 1 aliphatic rings. The van der Waals surface area contributed by atoms with Crippen LogP contribution < -0.4 is 10.1 Å². The maximum atomic E-state index is 13.2. The van der Waals surface area contributed by atoms with E-state index >= 15 is 0 Å². The maximum Gasteiger partial charge on any atom is 0.243 e. The van der Waals surface area contributed by atoms with Crippen molar-refractivity contribution in [1.82, 2.24) is 4.31 Å². The first-order valence-electron chi connectivity index (χ1n) is 10.4. The van der Waals surface area contributed by atoms with Crippen LogP contribution in [0.5, 0.6) is 5.75 Å². The van der Waals surface area contributed by atoms with Crippen LogP contribution in [-0.2, 0) is 14.8 Å². The molecule has 31 heavy (non-hydrogen) atoms. The van der Waals surface area contributed by atoms with Crippen LogP contribution in [-0.4, -0.2) is 38.3 Å². The standard InChI is InChI=1S/C23H29BrN2O4S/c1-5-30-21-9-8-20(13-15(21)2)31(28,29)26-10-6-7-18(14-26)23(27)25-22-16(3)11-19(24)12-17(22)4/h8-9,11-13,18H,5-7,10,14H2,1-4H3,(H,25,27)/t18-/m1/s1. The Morgan fingerprint density at radius 2 is 1.84 bits per heavy atom. The highest BCUT2D eigenvalue weighted by atomic mass is 79.9. The Balaban J connectivity index is 1.77. The molecule has 3 rings (SSSR count). The van der Waals surface area contributed by atoms with E-state index in [0.717, 1.165) is 26.9 Å². The summed E-state index contributed by atoms with van der Waals surface area (Å²) in [5.74, 6) is 0.142. The van der Waals surface area contributed by atoms with Crippen LogP contribution >= 0.6 is 15.9 Å². The minimum Gasteiger partial charge on any atom is -0.494 e. The van der Waals surface area contributed by atoms with E-state index in [-0.39, 0.29) is 17.3 Å². The number of rotatable bonds is 6. The lowest BCUT2D eigenvalue weighted by molar-refractivity contribution is -0.120. The Kier molecular flexibility index (Phi) is 7.44. The molecular weight excluding hydrogens is 480 g/mol. The monoisotopic (exact) mass is 508 g/mol. The quantitative estimate of drug-likeness (QED) is 0.607. The van der Waals surface area contributed by atoms with Crippen LogP contribution in [0.4, 0.5) is 5.69 Å². The largest absolute Gasteiger partial charge is 0.494 e. The van der Waals surface area contributed by atoms with E-state index < -0.39 is 15.9 Å². The molecule has 0 spiro atoms. The number of nitrogens with one attached hydrogen (secondary N) is 1. The third-order valence-electron chi connectivity index (χ3n) is 5.58. The fourth-order valence-corrected chi connectivity index (χ4v) is 6.25. The van der Waals surface area contributed by atoms with Gasteiger partial charge in [0.2, 0.25) is 15.9 Å². The van der Waals surface area contributed by atoms with E-state index in [2.05, 4.69) is 21.2 Å². The van der Waals surface area contributed by atoms with E-state index in [1.807, 2.05) is 39.8 Å². The van der Waals surface area contributed by atoms with Gasteiger partial charge in [-0.25, -0.2) is 8.42 Å². The third kappa shape index (κ3) is 5.30. The van der Waals surface area contributed by atoms with Crippen LogP contribution in [0.1, 0.15) is 36.5 Å². The van der Waals surface area contributed by atoms with Crippen LogP contribution in [0.2, 0.25) is 0 Å². The summed E-state index contributed by atoms with van der Waals surface area (Å²) in [6.07, 6.45) is 1.31. The molecule has 1 fully saturated rings. The molecule has 2 aromatic carbocycles. The van der Waals surface area contributed by atoms with Crippen LogP contribution in [0.25, 0.3) is 0 Å². The number of carbonyl (C=O) groups is 1. The molecule has 0 radical (unpaired) electrons. The first kappa shape index (κ1) is 23.8. The fraction of sp³-hybridized carbons (Fsp3) is 0.435. The lowest BCUT2D eigenvalue weighted by Crippen LogP contribution is -2.43. The molecule has 1 atom stereocenters. The normalized spacial score (nSPS) is 17.4. The number of sulfonamides is 1. The van der Waals surface area contributed by atoms with Crippen molar-refractivity contribution >= 4 is 37.5 Å². The number of aryl methyl sites for hydroxylation is 3. The van der Waals surface area contributed by atoms with Crippen molar-refractivity contribution in [2.75, 3.05) is 25.0 Å². The Morgan fingerprint density at radius 1 is 1.16 bits per heavy atom. The van der Waals surface area contributed by atoms with Gasteiger partial charge in [-0.15, -0.1) is 0 Å². The van der Waals surface area contributed by atoms with Crippen LogP contribution in [0, 0.1) is 26.7 Å². The number of benzene rings is 2. The molecule has 8 heteroatoms. The molecule has 2 aromatic rings. The van der Waals surface area contributed by atoms with Gasteiger partial charge < -0.3 is 10.1 Å². The number of carbonyl (C=O) groups excluding carboxylic acids is 1. The van der Waals surface area contributed by atoms with E-state index in [1.165, 1.54) is 4.31 Å². The van der Waals surface area contributed by atoms with E-state index in [4.69, 9.17) is 4.74 Å². The third-order valence-corrected chi connectivity index (χ3v) is 7.90. The molecule has 1 heterocycles. The zero-order valence-electron chi connectivity index (χ0n) is 18.4. The molecule has 168 valence electrons. The highest BCUT2D eigenvalue weighted by molar-refractivity contribution is 9.10. The fourth-order valence-electron chi connectivity index (χ4n) is 3.96. The number of piperidine rings is 1. The smallest absolute Gasteiger partial charge is 0.243 e. The van der Waals surface area contributed by atoms with Gasteiger partial charge in [0.05, 0.1) is 17.4 Å². The molecule has 0 aromatic heterocycles. The number of amides is 1. The number of halogens is 1. The molecule has 1 saturated heterocycles. The molecule has 0 aliphatic carbocycles. The van der Waals surface area contributed by atoms with E-state index in [1.54, 1.807) is 18.2 Å². The summed E-state index contributed by atoms with van der Waals surface area (Å²) in [5, 5.41) is 3.02. The summed E-state index contributed by atoms with van der Waals surface area (Å²) < 4.78 is 34.4. The second kappa shape index (κ2) is 9.71. The Labute approximate surface area is 193 Å². The molecule has 1 amide bonds. The van der Waals surface area contributed by atoms with Gasteiger partial charge in [0.15, 0.2) is 0 Å². The summed E-state index contributed by atoms with van der Waals surface area (Å²) in [6, 6.07) is 8.81. The molecule has 0 bridgehead atoms. The minimum absolute atomic E-state index is 0.142. The van der Waals surface area contributed by atoms with Crippen molar-refractivity contribution in [2.24, 2.45) is 5.92 Å². The summed E-state index contributed by atoms with van der Waals surface area (Å²) in [4.78, 5) is 13.2. The van der Waals surface area contributed by atoms with Crippen molar-refractivity contribution in [3.8, 4) is 5.75 Å². The molecule has 0 unspecified atom stereocenters. The predicted molar refractivity (Wildman–Crippen MR) is 126 cm³/mol. The van der Waals surface area contributed by atoms with Crippen molar-refractivity contribution in [3.63, 3.8) is 0 Å². The Morgan fingerprint density at radius 3 is 2.45 bits per heavy atom. The first-order valence-corrected chi connectivity index (χ1v) is 12.7. The predicted octanol–water partition coefficient (Wildman–Crippen LogP) is 4.81. The second-order valence-electron chi connectivity index (χ2n) is 7.97. The van der Waals surface area contributed by atoms with Crippen molar-refractivity contribution < 1.29 is 17.9 Å². The second-order valence-corrected chi connectivity index (χ2v) is 10.8. The summed E-state index contributed by atoms with van der Waals surface area (Å²) in [7, 11) is -3.69. The van der Waals surface area contributed by atoms with Gasteiger partial charge in [-0.1, -0.05) is 15.9 Å². The highest BCUT2D eigenvalue weighted by Crippen LogP contribution is 2.29. The van der Waals surface area contributed by atoms with Gasteiger partial charge >= 0.3 is 0 Å². The van der Waals surface area contributed by atoms with Crippen LogP contribution in [0.3, 0.4) is 0 Å². The van der Waals surface area contributed by atoms with Gasteiger partial charge in [-0.05, 0) is 87.6 Å². The number of hydrogen-bond donors (Lipinski definition) is 1. The molecule has 6 nitrogen and oxygen atoms in total. The van der Waals surface area contributed by atoms with Gasteiger partial charge in [-0.3, -0.25) is 4.79 Å². The number of ether oxygens (including phenoxy) is 1. The minimum atomic E-state index is -3.69. The Hall–Kier alpha value is -1.90. The summed E-state index contributed by atoms with van der Waals surface area (Å²) in [6.45, 7) is 8.72. The number of hydrogen-bond acceptors (Lipinski definition) is 4.